The molecule has 28 heavy (non-hydrogen) atoms. The summed E-state index contributed by atoms with van der Waals surface area (Å²) in [5.74, 6) is 0.188. The van der Waals surface area contributed by atoms with Crippen molar-refractivity contribution < 1.29 is 19.2 Å². The Morgan fingerprint density at radius 2 is 2.29 bits per heavy atom. The lowest BCUT2D eigenvalue weighted by molar-refractivity contribution is -0.384. The van der Waals surface area contributed by atoms with Gasteiger partial charge in [-0.1, -0.05) is 0 Å². The fourth-order valence-electron chi connectivity index (χ4n) is 2.86. The molecule has 0 spiro atoms. The smallest absolute Gasteiger partial charge is 0.271 e. The second kappa shape index (κ2) is 8.17. The van der Waals surface area contributed by atoms with Crippen molar-refractivity contribution >= 4 is 35.4 Å². The average molecular weight is 406 g/mol. The fraction of sp³-hybridized carbons (Fsp3) is 0.375. The highest BCUT2D eigenvalue weighted by molar-refractivity contribution is 7.71. The van der Waals surface area contributed by atoms with Crippen LogP contribution in [0.3, 0.4) is 0 Å². The van der Waals surface area contributed by atoms with Gasteiger partial charge in [0.25, 0.3) is 11.6 Å². The number of anilines is 1. The Bertz CT molecular complexity index is 984. The van der Waals surface area contributed by atoms with Crippen molar-refractivity contribution in [2.75, 3.05) is 24.6 Å². The number of hydrogen-bond acceptors (Lipinski definition) is 7. The van der Waals surface area contributed by atoms with Crippen molar-refractivity contribution in [1.82, 2.24) is 20.1 Å². The molecule has 0 atom stereocenters. The predicted molar refractivity (Wildman–Crippen MR) is 101 cm³/mol. The normalized spacial score (nSPS) is 13.0. The Balaban J connectivity index is 1.65. The van der Waals surface area contributed by atoms with E-state index in [2.05, 4.69) is 15.5 Å². The number of rotatable bonds is 7. The highest BCUT2D eigenvalue weighted by Crippen LogP contribution is 2.35. The van der Waals surface area contributed by atoms with E-state index in [1.165, 1.54) is 23.1 Å². The second-order valence-corrected chi connectivity index (χ2v) is 6.35. The first kappa shape index (κ1) is 19.5. The molecule has 0 aliphatic carbocycles. The van der Waals surface area contributed by atoms with Crippen LogP contribution in [-0.4, -0.2) is 51.2 Å². The van der Waals surface area contributed by atoms with Crippen LogP contribution in [0, 0.1) is 14.9 Å². The number of nitro groups is 1. The zero-order valence-corrected chi connectivity index (χ0v) is 15.8. The highest BCUT2D eigenvalue weighted by Gasteiger charge is 2.29. The molecule has 0 bridgehead atoms. The zero-order chi connectivity index (χ0) is 20.3. The molecule has 1 aliphatic rings. The van der Waals surface area contributed by atoms with Gasteiger partial charge in [-0.15, -0.1) is 0 Å². The van der Waals surface area contributed by atoms with E-state index in [9.17, 15) is 19.7 Å². The average Bonchev–Trinajstić information content (AvgIpc) is 3.03. The minimum atomic E-state index is -0.572. The number of hydrogen-bond donors (Lipinski definition) is 2. The van der Waals surface area contributed by atoms with E-state index in [4.69, 9.17) is 17.0 Å². The highest BCUT2D eigenvalue weighted by atomic mass is 32.1. The number of carbonyl (C=O) groups is 2. The minimum absolute atomic E-state index is 0.190. The van der Waals surface area contributed by atoms with Gasteiger partial charge in [0.15, 0.2) is 11.4 Å². The van der Waals surface area contributed by atoms with Gasteiger partial charge in [-0.3, -0.25) is 29.7 Å². The lowest BCUT2D eigenvalue weighted by Gasteiger charge is -2.28. The predicted octanol–water partition coefficient (Wildman–Crippen LogP) is 0.953. The quantitative estimate of drug-likeness (QED) is 0.397. The first-order valence-electron chi connectivity index (χ1n) is 8.53. The summed E-state index contributed by atoms with van der Waals surface area (Å²) in [6, 6.07) is 3.92. The van der Waals surface area contributed by atoms with E-state index in [-0.39, 0.29) is 24.5 Å². The summed E-state index contributed by atoms with van der Waals surface area (Å²) in [5.41, 5.74) is 0.0114. The van der Waals surface area contributed by atoms with E-state index >= 15 is 0 Å². The van der Waals surface area contributed by atoms with Crippen LogP contribution in [0.25, 0.3) is 0 Å². The van der Waals surface area contributed by atoms with Crippen molar-refractivity contribution in [3.63, 3.8) is 0 Å². The maximum atomic E-state index is 12.3. The second-order valence-electron chi connectivity index (χ2n) is 5.97. The Hall–Kier alpha value is -3.28. The molecule has 0 saturated carbocycles. The number of aromatic amines is 1. The van der Waals surface area contributed by atoms with Crippen molar-refractivity contribution in [2.24, 2.45) is 0 Å². The summed E-state index contributed by atoms with van der Waals surface area (Å²) >= 11 is 5.11. The Morgan fingerprint density at radius 1 is 1.50 bits per heavy atom. The molecule has 0 radical (unpaired) electrons. The van der Waals surface area contributed by atoms with Crippen LogP contribution in [0.5, 0.6) is 5.75 Å². The van der Waals surface area contributed by atoms with Crippen LogP contribution in [0.2, 0.25) is 0 Å². The molecule has 0 saturated heterocycles. The van der Waals surface area contributed by atoms with Gasteiger partial charge in [0, 0.05) is 31.6 Å². The monoisotopic (exact) mass is 406 g/mol. The van der Waals surface area contributed by atoms with Crippen molar-refractivity contribution in [3.8, 4) is 5.75 Å². The molecule has 1 aromatic heterocycles. The summed E-state index contributed by atoms with van der Waals surface area (Å²) in [6.07, 6.45) is 0.464. The minimum Gasteiger partial charge on any atom is -0.482 e. The molecular formula is C16H18N6O5S. The van der Waals surface area contributed by atoms with E-state index in [0.717, 1.165) is 5.82 Å². The van der Waals surface area contributed by atoms with Crippen molar-refractivity contribution in [3.05, 3.63) is 38.9 Å². The molecule has 148 valence electrons. The number of nitrogens with one attached hydrogen (secondary N) is 2. The van der Waals surface area contributed by atoms with Gasteiger partial charge < -0.3 is 14.6 Å². The number of nitro benzene ring substituents is 1. The standard InChI is InChI=1S/C16H18N6O5S/c1-2-20-13(18-19-16(20)28)5-6-17-14(23)8-21-11-7-10(22(25)26)3-4-12(11)27-9-15(21)24/h3-4,7H,2,5-6,8-9H2,1H3,(H,17,23)(H,19,28). The molecule has 3 rings (SSSR count). The maximum absolute atomic E-state index is 12.3. The third-order valence-electron chi connectivity index (χ3n) is 4.22. The van der Waals surface area contributed by atoms with Gasteiger partial charge in [0.05, 0.1) is 10.6 Å². The van der Waals surface area contributed by atoms with E-state index in [1.807, 2.05) is 11.5 Å². The number of ether oxygens (including phenoxy) is 1. The lowest BCUT2D eigenvalue weighted by Crippen LogP contribution is -2.45. The lowest BCUT2D eigenvalue weighted by atomic mass is 10.2. The van der Waals surface area contributed by atoms with E-state index in [1.54, 1.807) is 0 Å². The first-order chi connectivity index (χ1) is 13.4. The molecule has 2 heterocycles. The van der Waals surface area contributed by atoms with Gasteiger partial charge in [-0.25, -0.2) is 0 Å². The number of H-pyrrole nitrogens is 1. The summed E-state index contributed by atoms with van der Waals surface area (Å²) in [6.45, 7) is 2.41. The Labute approximate surface area is 164 Å². The molecule has 1 aliphatic heterocycles. The summed E-state index contributed by atoms with van der Waals surface area (Å²) < 4.78 is 7.62. The molecule has 11 nitrogen and oxygen atoms in total. The molecule has 2 amide bonds. The van der Waals surface area contributed by atoms with Crippen LogP contribution >= 0.6 is 12.2 Å². The summed E-state index contributed by atoms with van der Waals surface area (Å²) in [7, 11) is 0. The number of non-ortho nitro benzene ring substituents is 1. The maximum Gasteiger partial charge on any atom is 0.271 e. The first-order valence-corrected chi connectivity index (χ1v) is 8.94. The molecular weight excluding hydrogens is 388 g/mol. The van der Waals surface area contributed by atoms with Gasteiger partial charge >= 0.3 is 0 Å². The van der Waals surface area contributed by atoms with Crippen LogP contribution in [-0.2, 0) is 22.6 Å². The van der Waals surface area contributed by atoms with Crippen molar-refractivity contribution in [2.45, 2.75) is 19.9 Å². The van der Waals surface area contributed by atoms with Crippen molar-refractivity contribution in [1.29, 1.82) is 0 Å². The zero-order valence-electron chi connectivity index (χ0n) is 15.0. The molecule has 2 N–H and O–H groups in total. The number of carbonyl (C=O) groups excluding carboxylic acids is 2. The molecule has 0 unspecified atom stereocenters. The number of aromatic nitrogens is 3. The van der Waals surface area contributed by atoms with Gasteiger partial charge in [-0.05, 0) is 25.2 Å². The molecule has 2 aromatic rings. The van der Waals surface area contributed by atoms with Crippen LogP contribution in [0.4, 0.5) is 11.4 Å². The third kappa shape index (κ3) is 4.01. The molecule has 12 heteroatoms. The van der Waals surface area contributed by atoms with Crippen LogP contribution in [0.15, 0.2) is 18.2 Å². The van der Waals surface area contributed by atoms with Gasteiger partial charge in [0.1, 0.15) is 18.1 Å². The largest absolute Gasteiger partial charge is 0.482 e. The fourth-order valence-corrected chi connectivity index (χ4v) is 3.14. The van der Waals surface area contributed by atoms with Crippen LogP contribution in [0.1, 0.15) is 12.7 Å². The summed E-state index contributed by atoms with van der Waals surface area (Å²) in [5, 5.41) is 20.5. The molecule has 0 fully saturated rings. The number of fused-ring (bicyclic) bond motifs is 1. The molecule has 1 aromatic carbocycles. The topological polar surface area (TPSA) is 135 Å². The number of benzene rings is 1. The number of nitrogens with zero attached hydrogens (tertiary/aromatic N) is 4. The summed E-state index contributed by atoms with van der Waals surface area (Å²) in [4.78, 5) is 36.1. The van der Waals surface area contributed by atoms with Gasteiger partial charge in [-0.2, -0.15) is 5.10 Å². The van der Waals surface area contributed by atoms with Crippen LogP contribution < -0.4 is 15.0 Å². The van der Waals surface area contributed by atoms with E-state index in [0.29, 0.717) is 30.0 Å². The van der Waals surface area contributed by atoms with Gasteiger partial charge in [0.2, 0.25) is 5.91 Å². The van der Waals surface area contributed by atoms with E-state index < -0.39 is 16.7 Å². The Morgan fingerprint density at radius 3 is 3.00 bits per heavy atom. The Kier molecular flexibility index (Phi) is 5.68. The number of amides is 2. The SMILES string of the molecule is CCn1c(CCNC(=O)CN2C(=O)COc3ccc([N+](=O)[O-])cc32)n[nH]c1=S. The third-order valence-corrected chi connectivity index (χ3v) is 4.53.